The van der Waals surface area contributed by atoms with E-state index in [-0.39, 0.29) is 0 Å². The Morgan fingerprint density at radius 1 is 1.20 bits per heavy atom. The number of nitrogens with one attached hydrogen (secondary N) is 1. The molecule has 2 nitrogen and oxygen atoms in total. The second-order valence-corrected chi connectivity index (χ2v) is 7.26. The summed E-state index contributed by atoms with van der Waals surface area (Å²) in [6, 6.07) is 9.02. The third-order valence-electron chi connectivity index (χ3n) is 6.30. The summed E-state index contributed by atoms with van der Waals surface area (Å²) in [4.78, 5) is 0. The predicted octanol–water partition coefficient (Wildman–Crippen LogP) is 4.71. The fourth-order valence-corrected chi connectivity index (χ4v) is 4.44. The van der Waals surface area contributed by atoms with E-state index in [1.807, 2.05) is 6.92 Å². The second kappa shape index (κ2) is 4.68. The zero-order chi connectivity index (χ0) is 14.4. The molecule has 2 heteroatoms. The van der Waals surface area contributed by atoms with E-state index in [0.717, 1.165) is 18.3 Å². The quantitative estimate of drug-likeness (QED) is 0.857. The monoisotopic (exact) mass is 273 g/mol. The smallest absolute Gasteiger partial charge is 0.119 e. The van der Waals surface area contributed by atoms with Crippen molar-refractivity contribution in [2.75, 3.05) is 11.9 Å². The molecule has 1 N–H and O–H groups in total. The first-order valence-corrected chi connectivity index (χ1v) is 7.97. The lowest BCUT2D eigenvalue weighted by atomic mass is 9.69. The maximum atomic E-state index is 5.51. The predicted molar refractivity (Wildman–Crippen MR) is 84.3 cm³/mol. The van der Waals surface area contributed by atoms with E-state index in [4.69, 9.17) is 4.74 Å². The van der Waals surface area contributed by atoms with Gasteiger partial charge in [-0.3, -0.25) is 0 Å². The molecular formula is C18H27NO. The highest BCUT2D eigenvalue weighted by atomic mass is 16.5. The molecule has 0 spiro atoms. The normalized spacial score (nSPS) is 34.2. The van der Waals surface area contributed by atoms with Crippen LogP contribution in [0.3, 0.4) is 0 Å². The fourth-order valence-electron chi connectivity index (χ4n) is 4.44. The van der Waals surface area contributed by atoms with E-state index >= 15 is 0 Å². The number of benzene rings is 1. The summed E-state index contributed by atoms with van der Waals surface area (Å²) < 4.78 is 5.51. The standard InChI is InChI=1S/C18H27NO/c1-5-20-15-8-6-14(7-9-15)19-16-12-13-10-11-18(16,4)17(13,2)3/h6-9,13,16,19H,5,10-12H2,1-4H3. The first-order valence-electron chi connectivity index (χ1n) is 7.97. The maximum Gasteiger partial charge on any atom is 0.119 e. The molecular weight excluding hydrogens is 246 g/mol. The molecule has 1 aromatic carbocycles. The molecule has 110 valence electrons. The minimum atomic E-state index is 0.427. The van der Waals surface area contributed by atoms with Crippen molar-refractivity contribution in [3.05, 3.63) is 24.3 Å². The van der Waals surface area contributed by atoms with Crippen molar-refractivity contribution in [2.24, 2.45) is 16.7 Å². The summed E-state index contributed by atoms with van der Waals surface area (Å²) in [5, 5.41) is 3.78. The van der Waals surface area contributed by atoms with Crippen molar-refractivity contribution in [2.45, 2.75) is 53.0 Å². The van der Waals surface area contributed by atoms with Gasteiger partial charge in [0.2, 0.25) is 0 Å². The molecule has 20 heavy (non-hydrogen) atoms. The minimum absolute atomic E-state index is 0.427. The van der Waals surface area contributed by atoms with E-state index in [9.17, 15) is 0 Å². The van der Waals surface area contributed by atoms with Gasteiger partial charge in [0.15, 0.2) is 0 Å². The highest BCUT2D eigenvalue weighted by Gasteiger charge is 2.61. The second-order valence-electron chi connectivity index (χ2n) is 7.26. The minimum Gasteiger partial charge on any atom is -0.494 e. The van der Waals surface area contributed by atoms with E-state index < -0.39 is 0 Å². The van der Waals surface area contributed by atoms with Crippen molar-refractivity contribution < 1.29 is 4.74 Å². The summed E-state index contributed by atoms with van der Waals surface area (Å²) in [6.07, 6.45) is 4.08. The molecule has 2 aliphatic carbocycles. The topological polar surface area (TPSA) is 21.3 Å². The zero-order valence-corrected chi connectivity index (χ0v) is 13.2. The van der Waals surface area contributed by atoms with Crippen LogP contribution in [0.1, 0.15) is 47.0 Å². The van der Waals surface area contributed by atoms with Crippen LogP contribution in [0, 0.1) is 16.7 Å². The fraction of sp³-hybridized carbons (Fsp3) is 0.667. The molecule has 0 aliphatic heterocycles. The average molecular weight is 273 g/mol. The van der Waals surface area contributed by atoms with Crippen molar-refractivity contribution in [1.82, 2.24) is 0 Å². The van der Waals surface area contributed by atoms with Gasteiger partial charge >= 0.3 is 0 Å². The summed E-state index contributed by atoms with van der Waals surface area (Å²) in [5.74, 6) is 1.84. The molecule has 3 atom stereocenters. The molecule has 0 radical (unpaired) electrons. The Bertz CT molecular complexity index is 479. The highest BCUT2D eigenvalue weighted by molar-refractivity contribution is 5.48. The Balaban J connectivity index is 1.73. The largest absolute Gasteiger partial charge is 0.494 e. The first kappa shape index (κ1) is 13.8. The lowest BCUT2D eigenvalue weighted by Crippen LogP contribution is -2.40. The van der Waals surface area contributed by atoms with Gasteiger partial charge in [-0.05, 0) is 67.2 Å². The average Bonchev–Trinajstić information content (AvgIpc) is 2.74. The van der Waals surface area contributed by atoms with Crippen molar-refractivity contribution in [1.29, 1.82) is 0 Å². The van der Waals surface area contributed by atoms with Crippen LogP contribution < -0.4 is 10.1 Å². The number of rotatable bonds is 4. The van der Waals surface area contributed by atoms with Gasteiger partial charge in [-0.1, -0.05) is 20.8 Å². The molecule has 0 amide bonds. The van der Waals surface area contributed by atoms with Gasteiger partial charge in [-0.2, -0.15) is 0 Å². The highest BCUT2D eigenvalue weighted by Crippen LogP contribution is 2.65. The first-order chi connectivity index (χ1) is 9.47. The van der Waals surface area contributed by atoms with Crippen molar-refractivity contribution in [3.8, 4) is 5.75 Å². The van der Waals surface area contributed by atoms with Gasteiger partial charge in [0.25, 0.3) is 0 Å². The Kier molecular flexibility index (Phi) is 3.23. The molecule has 1 aromatic rings. The number of ether oxygens (including phenoxy) is 1. The molecule has 0 saturated heterocycles. The van der Waals surface area contributed by atoms with Crippen LogP contribution in [0.2, 0.25) is 0 Å². The third kappa shape index (κ3) is 1.92. The summed E-state index contributed by atoms with van der Waals surface area (Å²) in [5.41, 5.74) is 2.12. The van der Waals surface area contributed by atoms with E-state index in [1.165, 1.54) is 24.9 Å². The molecule has 2 saturated carbocycles. The summed E-state index contributed by atoms with van der Waals surface area (Å²) in [7, 11) is 0. The molecule has 2 aliphatic rings. The van der Waals surface area contributed by atoms with Crippen LogP contribution in [-0.4, -0.2) is 12.6 Å². The van der Waals surface area contributed by atoms with Gasteiger partial charge < -0.3 is 10.1 Å². The third-order valence-corrected chi connectivity index (χ3v) is 6.30. The number of hydrogen-bond donors (Lipinski definition) is 1. The van der Waals surface area contributed by atoms with E-state index in [2.05, 4.69) is 50.4 Å². The molecule has 0 heterocycles. The van der Waals surface area contributed by atoms with Crippen LogP contribution in [0.25, 0.3) is 0 Å². The Hall–Kier alpha value is -1.18. The Morgan fingerprint density at radius 3 is 2.40 bits per heavy atom. The Labute approximate surface area is 122 Å². The van der Waals surface area contributed by atoms with Gasteiger partial charge in [-0.15, -0.1) is 0 Å². The molecule has 3 unspecified atom stereocenters. The number of anilines is 1. The molecule has 2 fully saturated rings. The van der Waals surface area contributed by atoms with Crippen LogP contribution in [-0.2, 0) is 0 Å². The maximum absolute atomic E-state index is 5.51. The SMILES string of the molecule is CCOc1ccc(NC2CC3CCC2(C)C3(C)C)cc1. The molecule has 2 bridgehead atoms. The van der Waals surface area contributed by atoms with Crippen LogP contribution >= 0.6 is 0 Å². The zero-order valence-electron chi connectivity index (χ0n) is 13.2. The van der Waals surface area contributed by atoms with Crippen molar-refractivity contribution >= 4 is 5.69 Å². The number of hydrogen-bond acceptors (Lipinski definition) is 2. The van der Waals surface area contributed by atoms with Crippen LogP contribution in [0.15, 0.2) is 24.3 Å². The summed E-state index contributed by atoms with van der Waals surface area (Å²) >= 11 is 0. The van der Waals surface area contributed by atoms with Gasteiger partial charge in [0.1, 0.15) is 5.75 Å². The van der Waals surface area contributed by atoms with Gasteiger partial charge in [0.05, 0.1) is 6.61 Å². The van der Waals surface area contributed by atoms with Crippen molar-refractivity contribution in [3.63, 3.8) is 0 Å². The van der Waals surface area contributed by atoms with E-state index in [0.29, 0.717) is 16.9 Å². The van der Waals surface area contributed by atoms with Gasteiger partial charge in [0, 0.05) is 11.7 Å². The molecule has 0 aromatic heterocycles. The lowest BCUT2D eigenvalue weighted by Gasteiger charge is -2.40. The van der Waals surface area contributed by atoms with Crippen LogP contribution in [0.4, 0.5) is 5.69 Å². The number of fused-ring (bicyclic) bond motifs is 2. The molecule has 3 rings (SSSR count). The Morgan fingerprint density at radius 2 is 1.90 bits per heavy atom. The summed E-state index contributed by atoms with van der Waals surface area (Å²) in [6.45, 7) is 10.1. The lowest BCUT2D eigenvalue weighted by molar-refractivity contribution is 0.142. The van der Waals surface area contributed by atoms with Gasteiger partial charge in [-0.25, -0.2) is 0 Å². The van der Waals surface area contributed by atoms with E-state index in [1.54, 1.807) is 0 Å². The van der Waals surface area contributed by atoms with Crippen LogP contribution in [0.5, 0.6) is 5.75 Å².